The van der Waals surface area contributed by atoms with E-state index in [1.165, 1.54) is 12.8 Å². The number of nitrogens with zero attached hydrogens (tertiary/aromatic N) is 3. The lowest BCUT2D eigenvalue weighted by molar-refractivity contribution is 0.753. The summed E-state index contributed by atoms with van der Waals surface area (Å²) in [6, 6.07) is 6.54. The Morgan fingerprint density at radius 3 is 2.89 bits per heavy atom. The molecule has 2 aromatic rings. The van der Waals surface area contributed by atoms with E-state index < -0.39 is 0 Å². The molecule has 94 valence electrons. The van der Waals surface area contributed by atoms with E-state index in [1.54, 1.807) is 6.33 Å². The van der Waals surface area contributed by atoms with Gasteiger partial charge in [0.15, 0.2) is 0 Å². The van der Waals surface area contributed by atoms with Crippen LogP contribution < -0.4 is 10.6 Å². The van der Waals surface area contributed by atoms with Crippen molar-refractivity contribution in [2.75, 3.05) is 17.2 Å². The van der Waals surface area contributed by atoms with E-state index >= 15 is 0 Å². The minimum atomic E-state index is 0.667. The smallest absolute Gasteiger partial charge is 0.140 e. The van der Waals surface area contributed by atoms with Crippen molar-refractivity contribution in [3.63, 3.8) is 0 Å². The lowest BCUT2D eigenvalue weighted by atomic mass is 10.2. The van der Waals surface area contributed by atoms with Crippen LogP contribution in [0.2, 0.25) is 0 Å². The number of rotatable bonds is 4. The van der Waals surface area contributed by atoms with Gasteiger partial charge >= 0.3 is 0 Å². The van der Waals surface area contributed by atoms with E-state index in [-0.39, 0.29) is 0 Å². The van der Waals surface area contributed by atoms with Gasteiger partial charge in [0, 0.05) is 23.7 Å². The maximum Gasteiger partial charge on any atom is 0.140 e. The van der Waals surface area contributed by atoms with Crippen LogP contribution in [-0.4, -0.2) is 22.6 Å². The van der Waals surface area contributed by atoms with Crippen LogP contribution in [-0.2, 0) is 0 Å². The van der Waals surface area contributed by atoms with Crippen LogP contribution in [0.1, 0.15) is 26.2 Å². The molecule has 0 bridgehead atoms. The number of fused-ring (bicyclic) bond motifs is 1. The zero-order valence-electron chi connectivity index (χ0n) is 10.6. The molecule has 0 spiro atoms. The van der Waals surface area contributed by atoms with Crippen LogP contribution in [0, 0.1) is 0 Å². The molecule has 4 heteroatoms. The highest BCUT2D eigenvalue weighted by atomic mass is 15.2. The first-order chi connectivity index (χ1) is 8.79. The highest BCUT2D eigenvalue weighted by Crippen LogP contribution is 2.34. The molecule has 1 heterocycles. The van der Waals surface area contributed by atoms with Crippen molar-refractivity contribution >= 4 is 22.4 Å². The Morgan fingerprint density at radius 2 is 2.17 bits per heavy atom. The molecule has 1 aromatic carbocycles. The maximum atomic E-state index is 5.81. The van der Waals surface area contributed by atoms with Crippen LogP contribution in [0.3, 0.4) is 0 Å². The molecule has 1 aromatic heterocycles. The Bertz CT molecular complexity index is 563. The van der Waals surface area contributed by atoms with Gasteiger partial charge in [0.1, 0.15) is 12.1 Å². The Kier molecular flexibility index (Phi) is 2.78. The van der Waals surface area contributed by atoms with Gasteiger partial charge in [-0.2, -0.15) is 0 Å². The van der Waals surface area contributed by atoms with E-state index in [0.29, 0.717) is 6.04 Å². The first kappa shape index (κ1) is 11.3. The molecule has 0 atom stereocenters. The van der Waals surface area contributed by atoms with Gasteiger partial charge < -0.3 is 10.6 Å². The average Bonchev–Trinajstić information content (AvgIpc) is 3.19. The number of benzene rings is 1. The molecule has 0 amide bonds. The Balaban J connectivity index is 2.09. The predicted octanol–water partition coefficient (Wildman–Crippen LogP) is 2.59. The van der Waals surface area contributed by atoms with Crippen molar-refractivity contribution in [2.45, 2.75) is 32.2 Å². The van der Waals surface area contributed by atoms with Crippen molar-refractivity contribution in [2.24, 2.45) is 0 Å². The molecule has 1 fully saturated rings. The highest BCUT2D eigenvalue weighted by molar-refractivity contribution is 5.91. The third kappa shape index (κ3) is 1.98. The van der Waals surface area contributed by atoms with Gasteiger partial charge in [-0.05, 0) is 37.5 Å². The number of nitrogen functional groups attached to an aromatic ring is 1. The summed E-state index contributed by atoms with van der Waals surface area (Å²) in [6.45, 7) is 3.26. The number of anilines is 2. The number of hydrogen-bond acceptors (Lipinski definition) is 4. The van der Waals surface area contributed by atoms with Crippen molar-refractivity contribution in [3.8, 4) is 0 Å². The van der Waals surface area contributed by atoms with Crippen molar-refractivity contribution in [1.82, 2.24) is 9.97 Å². The van der Waals surface area contributed by atoms with E-state index in [0.717, 1.165) is 35.4 Å². The van der Waals surface area contributed by atoms with Crippen LogP contribution >= 0.6 is 0 Å². The molecule has 18 heavy (non-hydrogen) atoms. The second-order valence-corrected chi connectivity index (χ2v) is 4.90. The van der Waals surface area contributed by atoms with E-state index in [1.807, 2.05) is 18.2 Å². The highest BCUT2D eigenvalue weighted by Gasteiger charge is 2.30. The zero-order chi connectivity index (χ0) is 12.5. The third-order valence-electron chi connectivity index (χ3n) is 3.36. The largest absolute Gasteiger partial charge is 0.399 e. The fourth-order valence-electron chi connectivity index (χ4n) is 2.38. The number of hydrogen-bond donors (Lipinski definition) is 1. The second kappa shape index (κ2) is 4.44. The second-order valence-electron chi connectivity index (χ2n) is 4.90. The van der Waals surface area contributed by atoms with Gasteiger partial charge in [-0.3, -0.25) is 0 Å². The van der Waals surface area contributed by atoms with Crippen molar-refractivity contribution in [1.29, 1.82) is 0 Å². The summed E-state index contributed by atoms with van der Waals surface area (Å²) < 4.78 is 0. The molecule has 1 aliphatic carbocycles. The van der Waals surface area contributed by atoms with Crippen LogP contribution in [0.5, 0.6) is 0 Å². The van der Waals surface area contributed by atoms with Gasteiger partial charge in [0.05, 0.1) is 5.52 Å². The van der Waals surface area contributed by atoms with E-state index in [4.69, 9.17) is 5.73 Å². The van der Waals surface area contributed by atoms with Gasteiger partial charge in [-0.15, -0.1) is 0 Å². The van der Waals surface area contributed by atoms with Gasteiger partial charge in [-0.25, -0.2) is 9.97 Å². The molecule has 0 unspecified atom stereocenters. The topological polar surface area (TPSA) is 55.0 Å². The summed E-state index contributed by atoms with van der Waals surface area (Å²) in [4.78, 5) is 11.2. The summed E-state index contributed by atoms with van der Waals surface area (Å²) in [7, 11) is 0. The van der Waals surface area contributed by atoms with Gasteiger partial charge in [0.2, 0.25) is 0 Å². The van der Waals surface area contributed by atoms with E-state index in [2.05, 4.69) is 21.8 Å². The molecule has 0 saturated heterocycles. The normalized spacial score (nSPS) is 14.9. The summed E-state index contributed by atoms with van der Waals surface area (Å²) in [5, 5.41) is 1.10. The molecular weight excluding hydrogens is 224 g/mol. The molecule has 0 aliphatic heterocycles. The zero-order valence-corrected chi connectivity index (χ0v) is 10.6. The number of aromatic nitrogens is 2. The summed E-state index contributed by atoms with van der Waals surface area (Å²) in [6.07, 6.45) is 5.33. The van der Waals surface area contributed by atoms with Crippen LogP contribution in [0.15, 0.2) is 24.5 Å². The SMILES string of the molecule is CCCN(c1ncnc2cc(N)ccc12)C1CC1. The minimum Gasteiger partial charge on any atom is -0.399 e. The fourth-order valence-corrected chi connectivity index (χ4v) is 2.38. The van der Waals surface area contributed by atoms with Crippen molar-refractivity contribution < 1.29 is 0 Å². The Hall–Kier alpha value is -1.84. The van der Waals surface area contributed by atoms with Gasteiger partial charge in [0.25, 0.3) is 0 Å². The Labute approximate surface area is 107 Å². The molecule has 1 saturated carbocycles. The molecule has 3 rings (SSSR count). The summed E-state index contributed by atoms with van der Waals surface area (Å²) in [5.41, 5.74) is 7.49. The monoisotopic (exact) mass is 242 g/mol. The first-order valence-corrected chi connectivity index (χ1v) is 6.56. The average molecular weight is 242 g/mol. The molecule has 0 radical (unpaired) electrons. The lowest BCUT2D eigenvalue weighted by Gasteiger charge is -2.24. The molecular formula is C14H18N4. The third-order valence-corrected chi connectivity index (χ3v) is 3.36. The number of nitrogens with two attached hydrogens (primary N) is 1. The predicted molar refractivity (Wildman–Crippen MR) is 74.6 cm³/mol. The maximum absolute atomic E-state index is 5.81. The van der Waals surface area contributed by atoms with Gasteiger partial charge in [-0.1, -0.05) is 6.92 Å². The van der Waals surface area contributed by atoms with E-state index in [9.17, 15) is 0 Å². The fraction of sp³-hybridized carbons (Fsp3) is 0.429. The molecule has 2 N–H and O–H groups in total. The van der Waals surface area contributed by atoms with Crippen LogP contribution in [0.4, 0.5) is 11.5 Å². The Morgan fingerprint density at radius 1 is 1.33 bits per heavy atom. The summed E-state index contributed by atoms with van der Waals surface area (Å²) >= 11 is 0. The molecule has 1 aliphatic rings. The summed E-state index contributed by atoms with van der Waals surface area (Å²) in [5.74, 6) is 1.06. The minimum absolute atomic E-state index is 0.667. The first-order valence-electron chi connectivity index (χ1n) is 6.56. The molecule has 4 nitrogen and oxygen atoms in total. The van der Waals surface area contributed by atoms with Crippen molar-refractivity contribution in [3.05, 3.63) is 24.5 Å². The standard InChI is InChI=1S/C14H18N4/c1-2-7-18(11-4-5-11)14-12-6-3-10(15)8-13(12)16-9-17-14/h3,6,8-9,11H,2,4-5,7,15H2,1H3. The van der Waals surface area contributed by atoms with Crippen LogP contribution in [0.25, 0.3) is 10.9 Å². The lowest BCUT2D eigenvalue weighted by Crippen LogP contribution is -2.27. The quantitative estimate of drug-likeness (QED) is 0.837.